The predicted octanol–water partition coefficient (Wildman–Crippen LogP) is 2.06. The van der Waals surface area contributed by atoms with E-state index in [1.807, 2.05) is 0 Å². The lowest BCUT2D eigenvalue weighted by Crippen LogP contribution is -2.18. The molecule has 7 heteroatoms. The number of hydrogen-bond acceptors (Lipinski definition) is 5. The van der Waals surface area contributed by atoms with Crippen LogP contribution in [-0.2, 0) is 0 Å². The first-order chi connectivity index (χ1) is 11.5. The summed E-state index contributed by atoms with van der Waals surface area (Å²) in [6.07, 6.45) is 0. The fourth-order valence-corrected chi connectivity index (χ4v) is 2.20. The van der Waals surface area contributed by atoms with E-state index in [-0.39, 0.29) is 11.1 Å². The van der Waals surface area contributed by atoms with Gasteiger partial charge in [-0.3, -0.25) is 9.59 Å². The summed E-state index contributed by atoms with van der Waals surface area (Å²) < 4.78 is 15.6. The summed E-state index contributed by atoms with van der Waals surface area (Å²) in [4.78, 5) is 24.1. The van der Waals surface area contributed by atoms with Crippen molar-refractivity contribution in [1.29, 1.82) is 0 Å². The van der Waals surface area contributed by atoms with Crippen molar-refractivity contribution in [3.8, 4) is 17.2 Å². The molecule has 0 fully saturated rings. The van der Waals surface area contributed by atoms with Crippen LogP contribution in [0.1, 0.15) is 20.7 Å². The minimum Gasteiger partial charge on any atom is -0.496 e. The van der Waals surface area contributed by atoms with Crippen LogP contribution >= 0.6 is 0 Å². The fourth-order valence-electron chi connectivity index (χ4n) is 2.20. The minimum absolute atomic E-state index is 0.213. The molecule has 0 saturated heterocycles. The van der Waals surface area contributed by atoms with Crippen molar-refractivity contribution in [1.82, 2.24) is 0 Å². The van der Waals surface area contributed by atoms with Gasteiger partial charge in [-0.25, -0.2) is 0 Å². The molecule has 24 heavy (non-hydrogen) atoms. The lowest BCUT2D eigenvalue weighted by molar-refractivity contribution is 0.100. The van der Waals surface area contributed by atoms with Crippen LogP contribution in [0.5, 0.6) is 17.2 Å². The molecule has 0 aliphatic heterocycles. The number of nitrogens with two attached hydrogens (primary N) is 1. The van der Waals surface area contributed by atoms with Crippen molar-refractivity contribution < 1.29 is 23.8 Å². The van der Waals surface area contributed by atoms with Gasteiger partial charge in [0.25, 0.3) is 11.8 Å². The molecule has 0 saturated carbocycles. The van der Waals surface area contributed by atoms with Gasteiger partial charge in [0.2, 0.25) is 0 Å². The maximum atomic E-state index is 12.6. The highest BCUT2D eigenvalue weighted by molar-refractivity contribution is 6.10. The van der Waals surface area contributed by atoms with Crippen molar-refractivity contribution in [3.63, 3.8) is 0 Å². The van der Waals surface area contributed by atoms with Gasteiger partial charge in [0, 0.05) is 12.1 Å². The predicted molar refractivity (Wildman–Crippen MR) is 89.0 cm³/mol. The Morgan fingerprint density at radius 1 is 0.875 bits per heavy atom. The van der Waals surface area contributed by atoms with E-state index in [0.717, 1.165) is 0 Å². The Morgan fingerprint density at radius 3 is 2.04 bits per heavy atom. The van der Waals surface area contributed by atoms with E-state index < -0.39 is 11.8 Å². The van der Waals surface area contributed by atoms with Gasteiger partial charge >= 0.3 is 0 Å². The number of nitrogens with one attached hydrogen (secondary N) is 1. The van der Waals surface area contributed by atoms with E-state index in [1.54, 1.807) is 24.3 Å². The maximum Gasteiger partial charge on any atom is 0.259 e. The van der Waals surface area contributed by atoms with Crippen LogP contribution in [-0.4, -0.2) is 33.1 Å². The molecule has 2 rings (SSSR count). The number of carbonyl (C=O) groups is 2. The number of anilines is 1. The molecule has 0 radical (unpaired) electrons. The third kappa shape index (κ3) is 3.40. The minimum atomic E-state index is -0.634. The lowest BCUT2D eigenvalue weighted by atomic mass is 10.1. The van der Waals surface area contributed by atoms with E-state index in [4.69, 9.17) is 19.9 Å². The number of hydrogen-bond donors (Lipinski definition) is 2. The van der Waals surface area contributed by atoms with Crippen LogP contribution in [0.15, 0.2) is 36.4 Å². The maximum absolute atomic E-state index is 12.6. The zero-order valence-corrected chi connectivity index (χ0v) is 13.6. The summed E-state index contributed by atoms with van der Waals surface area (Å²) in [5, 5.41) is 2.66. The molecule has 3 N–H and O–H groups in total. The monoisotopic (exact) mass is 330 g/mol. The molecule has 126 valence electrons. The highest BCUT2D eigenvalue weighted by Crippen LogP contribution is 2.35. The summed E-state index contributed by atoms with van der Waals surface area (Å²) in [7, 11) is 4.39. The summed E-state index contributed by atoms with van der Waals surface area (Å²) in [5.41, 5.74) is 6.07. The number of rotatable bonds is 6. The van der Waals surface area contributed by atoms with Crippen molar-refractivity contribution in [2.45, 2.75) is 0 Å². The van der Waals surface area contributed by atoms with Crippen molar-refractivity contribution >= 4 is 17.5 Å². The van der Waals surface area contributed by atoms with Crippen molar-refractivity contribution in [2.24, 2.45) is 5.73 Å². The summed E-state index contributed by atoms with van der Waals surface area (Å²) >= 11 is 0. The van der Waals surface area contributed by atoms with E-state index in [9.17, 15) is 9.59 Å². The second kappa shape index (κ2) is 7.36. The van der Waals surface area contributed by atoms with Crippen LogP contribution in [0.4, 0.5) is 5.69 Å². The smallest absolute Gasteiger partial charge is 0.259 e. The van der Waals surface area contributed by atoms with E-state index in [0.29, 0.717) is 22.9 Å². The van der Waals surface area contributed by atoms with Gasteiger partial charge in [0.15, 0.2) is 11.5 Å². The SMILES string of the molecule is COc1cc(OC)c(C(=O)Nc2ccccc2C(N)=O)cc1OC. The molecule has 2 amide bonds. The summed E-state index contributed by atoms with van der Waals surface area (Å²) in [6, 6.07) is 9.52. The quantitative estimate of drug-likeness (QED) is 0.844. The average Bonchev–Trinajstić information content (AvgIpc) is 2.60. The molecule has 0 aliphatic carbocycles. The fraction of sp³-hybridized carbons (Fsp3) is 0.176. The van der Waals surface area contributed by atoms with Crippen LogP contribution < -0.4 is 25.3 Å². The molecule has 0 spiro atoms. The number of para-hydroxylation sites is 1. The highest BCUT2D eigenvalue weighted by atomic mass is 16.5. The third-order valence-corrected chi connectivity index (χ3v) is 3.39. The molecule has 0 aromatic heterocycles. The summed E-state index contributed by atoms with van der Waals surface area (Å²) in [5.74, 6) is 0.0171. The third-order valence-electron chi connectivity index (χ3n) is 3.39. The van der Waals surface area contributed by atoms with Gasteiger partial charge in [-0.2, -0.15) is 0 Å². The van der Waals surface area contributed by atoms with Gasteiger partial charge in [0.1, 0.15) is 5.75 Å². The Bertz CT molecular complexity index is 774. The van der Waals surface area contributed by atoms with Gasteiger partial charge in [-0.05, 0) is 12.1 Å². The number of primary amides is 1. The largest absolute Gasteiger partial charge is 0.496 e. The lowest BCUT2D eigenvalue weighted by Gasteiger charge is -2.14. The highest BCUT2D eigenvalue weighted by Gasteiger charge is 2.19. The van der Waals surface area contributed by atoms with Gasteiger partial charge < -0.3 is 25.3 Å². The zero-order valence-electron chi connectivity index (χ0n) is 13.6. The number of benzene rings is 2. The second-order valence-corrected chi connectivity index (χ2v) is 4.77. The van der Waals surface area contributed by atoms with Gasteiger partial charge in [-0.1, -0.05) is 12.1 Å². The molecule has 0 heterocycles. The Hall–Kier alpha value is -3.22. The molecular formula is C17H18N2O5. The molecule has 0 unspecified atom stereocenters. The number of methoxy groups -OCH3 is 3. The number of ether oxygens (including phenoxy) is 3. The van der Waals surface area contributed by atoms with E-state index >= 15 is 0 Å². The molecule has 0 aliphatic rings. The Labute approximate surface area is 139 Å². The normalized spacial score (nSPS) is 9.96. The molecule has 0 atom stereocenters. The molecule has 0 bridgehead atoms. The first-order valence-electron chi connectivity index (χ1n) is 7.02. The van der Waals surface area contributed by atoms with Crippen LogP contribution in [0.2, 0.25) is 0 Å². The first kappa shape index (κ1) is 17.1. The topological polar surface area (TPSA) is 99.9 Å². The van der Waals surface area contributed by atoms with E-state index in [1.165, 1.54) is 33.5 Å². The standard InChI is InChI=1S/C17H18N2O5/c1-22-13-9-15(24-3)14(23-2)8-11(13)17(21)19-12-7-5-4-6-10(12)16(18)20/h4-9H,1-3H3,(H2,18,20)(H,19,21). The summed E-state index contributed by atoms with van der Waals surface area (Å²) in [6.45, 7) is 0. The Kier molecular flexibility index (Phi) is 5.26. The van der Waals surface area contributed by atoms with Crippen LogP contribution in [0, 0.1) is 0 Å². The van der Waals surface area contributed by atoms with Crippen molar-refractivity contribution in [3.05, 3.63) is 47.5 Å². The van der Waals surface area contributed by atoms with Crippen molar-refractivity contribution in [2.75, 3.05) is 26.6 Å². The van der Waals surface area contributed by atoms with E-state index in [2.05, 4.69) is 5.32 Å². The average molecular weight is 330 g/mol. The second-order valence-electron chi connectivity index (χ2n) is 4.77. The van der Waals surface area contributed by atoms with Crippen LogP contribution in [0.25, 0.3) is 0 Å². The zero-order chi connectivity index (χ0) is 17.7. The molecular weight excluding hydrogens is 312 g/mol. The Balaban J connectivity index is 2.42. The van der Waals surface area contributed by atoms with Gasteiger partial charge in [0.05, 0.1) is 38.1 Å². The Morgan fingerprint density at radius 2 is 1.46 bits per heavy atom. The van der Waals surface area contributed by atoms with Crippen LogP contribution in [0.3, 0.4) is 0 Å². The number of amides is 2. The van der Waals surface area contributed by atoms with Gasteiger partial charge in [-0.15, -0.1) is 0 Å². The molecule has 2 aromatic carbocycles. The number of carbonyl (C=O) groups excluding carboxylic acids is 2. The first-order valence-corrected chi connectivity index (χ1v) is 7.02. The molecule has 2 aromatic rings. The molecule has 7 nitrogen and oxygen atoms in total.